The number of hydrogen-bond donors (Lipinski definition) is 1. The Morgan fingerprint density at radius 2 is 2.14 bits per heavy atom. The summed E-state index contributed by atoms with van der Waals surface area (Å²) in [7, 11) is -3.71. The first-order valence-corrected chi connectivity index (χ1v) is 12.1. The van der Waals surface area contributed by atoms with E-state index < -0.39 is 22.0 Å². The third-order valence-corrected chi connectivity index (χ3v) is 8.85. The van der Waals surface area contributed by atoms with Gasteiger partial charge in [-0.1, -0.05) is 12.5 Å². The highest BCUT2D eigenvalue weighted by molar-refractivity contribution is 7.91. The van der Waals surface area contributed by atoms with Gasteiger partial charge < -0.3 is 10.1 Å². The number of rotatable bonds is 6. The van der Waals surface area contributed by atoms with E-state index in [9.17, 15) is 18.0 Å². The summed E-state index contributed by atoms with van der Waals surface area (Å²) in [5.41, 5.74) is 0.713. The average Bonchev–Trinajstić information content (AvgIpc) is 3.32. The largest absolute Gasteiger partial charge is 0.462 e. The van der Waals surface area contributed by atoms with E-state index in [0.29, 0.717) is 28.4 Å². The first kappa shape index (κ1) is 21.0. The van der Waals surface area contributed by atoms with Gasteiger partial charge in [-0.2, -0.15) is 4.31 Å². The van der Waals surface area contributed by atoms with Crippen LogP contribution >= 0.6 is 22.7 Å². The summed E-state index contributed by atoms with van der Waals surface area (Å²) in [6.07, 6.45) is 1.97. The molecule has 28 heavy (non-hydrogen) atoms. The molecular weight excluding hydrogens is 420 g/mol. The van der Waals surface area contributed by atoms with Crippen LogP contribution in [0.3, 0.4) is 0 Å². The van der Waals surface area contributed by atoms with Crippen molar-refractivity contribution in [1.29, 1.82) is 0 Å². The number of anilines is 1. The Hall–Kier alpha value is -1.75. The Morgan fingerprint density at radius 3 is 2.82 bits per heavy atom. The van der Waals surface area contributed by atoms with Gasteiger partial charge in [-0.05, 0) is 49.8 Å². The van der Waals surface area contributed by atoms with Gasteiger partial charge in [0.15, 0.2) is 0 Å². The maximum atomic E-state index is 12.9. The molecule has 0 spiro atoms. The highest BCUT2D eigenvalue weighted by Gasteiger charge is 2.38. The number of esters is 1. The molecule has 2 aromatic heterocycles. The number of nitrogens with one attached hydrogen (secondary N) is 1. The maximum Gasteiger partial charge on any atom is 0.348 e. The van der Waals surface area contributed by atoms with E-state index in [0.717, 1.165) is 35.5 Å². The van der Waals surface area contributed by atoms with Gasteiger partial charge in [-0.3, -0.25) is 4.79 Å². The monoisotopic (exact) mass is 442 g/mol. The van der Waals surface area contributed by atoms with Crippen LogP contribution in [0.15, 0.2) is 27.8 Å². The number of piperidine rings is 1. The van der Waals surface area contributed by atoms with Crippen LogP contribution in [0.25, 0.3) is 0 Å². The minimum absolute atomic E-state index is 0.240. The van der Waals surface area contributed by atoms with Gasteiger partial charge in [-0.15, -0.1) is 22.7 Å². The molecule has 1 atom stereocenters. The van der Waals surface area contributed by atoms with Crippen molar-refractivity contribution in [2.75, 3.05) is 18.5 Å². The van der Waals surface area contributed by atoms with E-state index in [1.54, 1.807) is 37.4 Å². The van der Waals surface area contributed by atoms with Crippen LogP contribution in [0.1, 0.15) is 41.4 Å². The number of carbonyl (C=O) groups is 2. The highest BCUT2D eigenvalue weighted by atomic mass is 32.2. The summed E-state index contributed by atoms with van der Waals surface area (Å²) in [5, 5.41) is 5.00. The van der Waals surface area contributed by atoms with Crippen molar-refractivity contribution in [2.24, 2.45) is 0 Å². The number of aryl methyl sites for hydroxylation is 1. The van der Waals surface area contributed by atoms with Gasteiger partial charge in [-0.25, -0.2) is 13.2 Å². The summed E-state index contributed by atoms with van der Waals surface area (Å²) < 4.78 is 32.4. The smallest absolute Gasteiger partial charge is 0.348 e. The number of amides is 1. The Bertz CT molecular complexity index is 950. The second kappa shape index (κ2) is 8.73. The average molecular weight is 443 g/mol. The lowest BCUT2D eigenvalue weighted by atomic mass is 10.0. The fraction of sp³-hybridized carbons (Fsp3) is 0.444. The first-order chi connectivity index (χ1) is 13.3. The fourth-order valence-electron chi connectivity index (χ4n) is 3.13. The summed E-state index contributed by atoms with van der Waals surface area (Å²) in [5.74, 6) is -0.804. The van der Waals surface area contributed by atoms with Crippen LogP contribution < -0.4 is 5.32 Å². The predicted octanol–water partition coefficient (Wildman–Crippen LogP) is 3.48. The number of hydrogen-bond acceptors (Lipinski definition) is 7. The maximum absolute atomic E-state index is 12.9. The van der Waals surface area contributed by atoms with Crippen molar-refractivity contribution in [3.8, 4) is 0 Å². The van der Waals surface area contributed by atoms with Crippen LogP contribution in [0.5, 0.6) is 0 Å². The van der Waals surface area contributed by atoms with Gasteiger partial charge in [0, 0.05) is 6.54 Å². The molecule has 1 aliphatic heterocycles. The van der Waals surface area contributed by atoms with Crippen molar-refractivity contribution < 1.29 is 22.7 Å². The molecule has 1 aliphatic rings. The minimum atomic E-state index is -3.71. The summed E-state index contributed by atoms with van der Waals surface area (Å²) >= 11 is 2.28. The second-order valence-corrected chi connectivity index (χ2v) is 10.5. The standard InChI is InChI=1S/C18H22N2O5S3/c1-3-25-18(22)16-12(2)11-14(27-16)19-17(21)13-7-4-5-9-20(13)28(23,24)15-8-6-10-26-15/h6,8,10-11,13H,3-5,7,9H2,1-2H3,(H,19,21)/t13-/m1/s1. The zero-order chi connectivity index (χ0) is 20.3. The Kier molecular flexibility index (Phi) is 6.54. The molecule has 0 radical (unpaired) electrons. The second-order valence-electron chi connectivity index (χ2n) is 6.39. The lowest BCUT2D eigenvalue weighted by molar-refractivity contribution is -0.120. The molecule has 152 valence electrons. The Labute approximate surface area is 172 Å². The van der Waals surface area contributed by atoms with Crippen molar-refractivity contribution in [2.45, 2.75) is 43.4 Å². The third kappa shape index (κ3) is 4.29. The van der Waals surface area contributed by atoms with E-state index in [4.69, 9.17) is 4.74 Å². The number of carbonyl (C=O) groups excluding carboxylic acids is 2. The molecule has 1 N–H and O–H groups in total. The molecule has 0 bridgehead atoms. The van der Waals surface area contributed by atoms with E-state index in [1.165, 1.54) is 4.31 Å². The molecule has 1 amide bonds. The molecule has 0 aliphatic carbocycles. The fourth-order valence-corrected chi connectivity index (χ4v) is 6.87. The Balaban J connectivity index is 1.79. The number of ether oxygens (including phenoxy) is 1. The van der Waals surface area contributed by atoms with E-state index in [1.807, 2.05) is 0 Å². The lowest BCUT2D eigenvalue weighted by Crippen LogP contribution is -2.49. The molecule has 10 heteroatoms. The topological polar surface area (TPSA) is 92.8 Å². The van der Waals surface area contributed by atoms with E-state index in [2.05, 4.69) is 5.32 Å². The van der Waals surface area contributed by atoms with Crippen LogP contribution in [-0.2, 0) is 19.6 Å². The van der Waals surface area contributed by atoms with E-state index in [-0.39, 0.29) is 16.7 Å². The molecule has 0 aromatic carbocycles. The summed E-state index contributed by atoms with van der Waals surface area (Å²) in [6, 6.07) is 4.17. The lowest BCUT2D eigenvalue weighted by Gasteiger charge is -2.33. The van der Waals surface area contributed by atoms with Gasteiger partial charge in [0.05, 0.1) is 11.6 Å². The van der Waals surface area contributed by atoms with Gasteiger partial charge in [0.1, 0.15) is 15.1 Å². The van der Waals surface area contributed by atoms with Gasteiger partial charge >= 0.3 is 5.97 Å². The minimum Gasteiger partial charge on any atom is -0.462 e. The number of thiophene rings is 2. The summed E-state index contributed by atoms with van der Waals surface area (Å²) in [4.78, 5) is 25.3. The van der Waals surface area contributed by atoms with Crippen LogP contribution in [0.4, 0.5) is 5.00 Å². The molecule has 1 fully saturated rings. The van der Waals surface area contributed by atoms with Gasteiger partial charge in [0.25, 0.3) is 10.0 Å². The van der Waals surface area contributed by atoms with Crippen LogP contribution in [-0.4, -0.2) is 43.8 Å². The number of nitrogens with zero attached hydrogens (tertiary/aromatic N) is 1. The van der Waals surface area contributed by atoms with Crippen molar-refractivity contribution in [3.05, 3.63) is 34.0 Å². The van der Waals surface area contributed by atoms with Gasteiger partial charge in [0.2, 0.25) is 5.91 Å². The molecule has 0 saturated carbocycles. The first-order valence-electron chi connectivity index (χ1n) is 8.98. The molecular formula is C18H22N2O5S3. The van der Waals surface area contributed by atoms with Crippen LogP contribution in [0.2, 0.25) is 0 Å². The third-order valence-electron chi connectivity index (χ3n) is 4.44. The van der Waals surface area contributed by atoms with Crippen LogP contribution in [0, 0.1) is 6.92 Å². The zero-order valence-electron chi connectivity index (χ0n) is 15.6. The number of sulfonamides is 1. The highest BCUT2D eigenvalue weighted by Crippen LogP contribution is 2.31. The SMILES string of the molecule is CCOC(=O)c1sc(NC(=O)[C@H]2CCCCN2S(=O)(=O)c2cccs2)cc1C. The Morgan fingerprint density at radius 1 is 1.36 bits per heavy atom. The quantitative estimate of drug-likeness (QED) is 0.692. The predicted molar refractivity (Wildman–Crippen MR) is 109 cm³/mol. The normalized spacial score (nSPS) is 18.0. The molecule has 3 heterocycles. The van der Waals surface area contributed by atoms with Crippen molar-refractivity contribution in [3.63, 3.8) is 0 Å². The zero-order valence-corrected chi connectivity index (χ0v) is 18.1. The molecule has 2 aromatic rings. The van der Waals surface area contributed by atoms with Crippen molar-refractivity contribution >= 4 is 49.6 Å². The molecule has 3 rings (SSSR count). The van der Waals surface area contributed by atoms with E-state index >= 15 is 0 Å². The van der Waals surface area contributed by atoms with Crippen molar-refractivity contribution in [1.82, 2.24) is 4.31 Å². The molecule has 7 nitrogen and oxygen atoms in total. The molecule has 1 saturated heterocycles. The molecule has 0 unspecified atom stereocenters. The summed E-state index contributed by atoms with van der Waals surface area (Å²) in [6.45, 7) is 4.09.